The second-order valence-electron chi connectivity index (χ2n) is 5.32. The minimum absolute atomic E-state index is 0.0270. The summed E-state index contributed by atoms with van der Waals surface area (Å²) in [6.07, 6.45) is 2.15. The second kappa shape index (κ2) is 6.56. The maximum absolute atomic E-state index is 12.8. The molecule has 21 heavy (non-hydrogen) atoms. The number of ether oxygens (including phenoxy) is 1. The molecule has 0 radical (unpaired) electrons. The van der Waals surface area contributed by atoms with Gasteiger partial charge in [0.1, 0.15) is 0 Å². The van der Waals surface area contributed by atoms with Gasteiger partial charge in [-0.3, -0.25) is 0 Å². The number of benzene rings is 1. The Balaban J connectivity index is 2.28. The molecule has 0 aliphatic heterocycles. The van der Waals surface area contributed by atoms with Crippen LogP contribution in [0.25, 0.3) is 0 Å². The van der Waals surface area contributed by atoms with Crippen molar-refractivity contribution in [3.63, 3.8) is 0 Å². The number of hydrogen-bond donors (Lipinski definition) is 0. The zero-order valence-corrected chi connectivity index (χ0v) is 13.1. The molecule has 1 aliphatic rings. The van der Waals surface area contributed by atoms with Crippen molar-refractivity contribution in [2.24, 2.45) is 5.92 Å². The molecule has 1 aromatic carbocycles. The summed E-state index contributed by atoms with van der Waals surface area (Å²) >= 11 is 0. The van der Waals surface area contributed by atoms with E-state index in [1.54, 1.807) is 7.11 Å². The first-order chi connectivity index (χ1) is 10.0. The highest BCUT2D eigenvalue weighted by atomic mass is 32.2. The molecule has 0 aromatic heterocycles. The van der Waals surface area contributed by atoms with Crippen LogP contribution in [-0.2, 0) is 14.8 Å². The Kier molecular flexibility index (Phi) is 4.99. The van der Waals surface area contributed by atoms with Crippen LogP contribution in [0.2, 0.25) is 0 Å². The largest absolute Gasteiger partial charge is 0.383 e. The predicted molar refractivity (Wildman–Crippen MR) is 79.1 cm³/mol. The molecule has 1 fully saturated rings. The van der Waals surface area contributed by atoms with E-state index in [4.69, 9.17) is 10.00 Å². The number of methoxy groups -OCH3 is 1. The van der Waals surface area contributed by atoms with Crippen molar-refractivity contribution < 1.29 is 13.2 Å². The van der Waals surface area contributed by atoms with Crippen molar-refractivity contribution in [3.05, 3.63) is 29.8 Å². The van der Waals surface area contributed by atoms with Gasteiger partial charge in [0, 0.05) is 19.7 Å². The highest BCUT2D eigenvalue weighted by Gasteiger charge is 2.38. The molecular weight excluding hydrogens is 288 g/mol. The fraction of sp³-hybridized carbons (Fsp3) is 0.533. The van der Waals surface area contributed by atoms with Gasteiger partial charge in [0.2, 0.25) is 10.0 Å². The topological polar surface area (TPSA) is 70.4 Å². The zero-order chi connectivity index (χ0) is 15.5. The van der Waals surface area contributed by atoms with E-state index in [9.17, 15) is 8.42 Å². The molecule has 0 unspecified atom stereocenters. The van der Waals surface area contributed by atoms with E-state index in [0.717, 1.165) is 12.8 Å². The van der Waals surface area contributed by atoms with E-state index in [2.05, 4.69) is 0 Å². The van der Waals surface area contributed by atoms with Crippen LogP contribution < -0.4 is 0 Å². The Hall–Kier alpha value is -1.42. The lowest BCUT2D eigenvalue weighted by molar-refractivity contribution is 0.164. The molecular formula is C15H20N2O3S. The van der Waals surface area contributed by atoms with Gasteiger partial charge >= 0.3 is 0 Å². The first-order valence-corrected chi connectivity index (χ1v) is 8.45. The lowest BCUT2D eigenvalue weighted by atomic mass is 10.2. The SMILES string of the molecule is COCCN([C@@H](C)C1CC1)S(=O)(=O)c1ccc(C#N)cc1. The van der Waals surface area contributed by atoms with Crippen molar-refractivity contribution in [3.8, 4) is 6.07 Å². The summed E-state index contributed by atoms with van der Waals surface area (Å²) in [6, 6.07) is 8.01. The van der Waals surface area contributed by atoms with Gasteiger partial charge in [-0.15, -0.1) is 0 Å². The minimum atomic E-state index is -3.56. The summed E-state index contributed by atoms with van der Waals surface area (Å²) in [4.78, 5) is 0.227. The van der Waals surface area contributed by atoms with E-state index in [1.165, 1.54) is 28.6 Å². The standard InChI is InChI=1S/C15H20N2O3S/c1-12(14-5-6-14)17(9-10-20-2)21(18,19)15-7-3-13(11-16)4-8-15/h3-4,7-8,12,14H,5-6,9-10H2,1-2H3/t12-/m0/s1. The summed E-state index contributed by atoms with van der Waals surface area (Å²) in [7, 11) is -1.99. The van der Waals surface area contributed by atoms with Crippen LogP contribution in [0.5, 0.6) is 0 Å². The predicted octanol–water partition coefficient (Wildman–Crippen LogP) is 1.99. The molecule has 2 rings (SSSR count). The Labute approximate surface area is 126 Å². The molecule has 0 amide bonds. The van der Waals surface area contributed by atoms with Gasteiger partial charge in [0.15, 0.2) is 0 Å². The van der Waals surface area contributed by atoms with Crippen LogP contribution >= 0.6 is 0 Å². The number of rotatable bonds is 7. The number of hydrogen-bond acceptors (Lipinski definition) is 4. The van der Waals surface area contributed by atoms with Crippen molar-refractivity contribution in [2.45, 2.75) is 30.7 Å². The molecule has 1 atom stereocenters. The van der Waals surface area contributed by atoms with Crippen molar-refractivity contribution in [1.29, 1.82) is 5.26 Å². The maximum atomic E-state index is 12.8. The lowest BCUT2D eigenvalue weighted by Gasteiger charge is -2.28. The molecule has 0 spiro atoms. The van der Waals surface area contributed by atoms with Crippen molar-refractivity contribution >= 4 is 10.0 Å². The molecule has 5 nitrogen and oxygen atoms in total. The third kappa shape index (κ3) is 3.62. The van der Waals surface area contributed by atoms with Gasteiger partial charge in [0.25, 0.3) is 0 Å². The Morgan fingerprint density at radius 1 is 1.38 bits per heavy atom. The molecule has 1 aromatic rings. The monoisotopic (exact) mass is 308 g/mol. The van der Waals surface area contributed by atoms with E-state index < -0.39 is 10.0 Å². The van der Waals surface area contributed by atoms with Gasteiger partial charge in [-0.25, -0.2) is 8.42 Å². The third-order valence-corrected chi connectivity index (χ3v) is 5.86. The highest BCUT2D eigenvalue weighted by molar-refractivity contribution is 7.89. The lowest BCUT2D eigenvalue weighted by Crippen LogP contribution is -2.41. The van der Waals surface area contributed by atoms with E-state index in [0.29, 0.717) is 24.6 Å². The van der Waals surface area contributed by atoms with Gasteiger partial charge in [-0.05, 0) is 49.9 Å². The van der Waals surface area contributed by atoms with Gasteiger partial charge in [-0.1, -0.05) is 0 Å². The maximum Gasteiger partial charge on any atom is 0.243 e. The molecule has 1 aliphatic carbocycles. The fourth-order valence-corrected chi connectivity index (χ4v) is 4.05. The van der Waals surface area contributed by atoms with Crippen LogP contribution in [0, 0.1) is 17.2 Å². The fourth-order valence-electron chi connectivity index (χ4n) is 2.37. The Morgan fingerprint density at radius 3 is 2.48 bits per heavy atom. The summed E-state index contributed by atoms with van der Waals surface area (Å²) in [6.45, 7) is 2.66. The third-order valence-electron chi connectivity index (χ3n) is 3.86. The summed E-state index contributed by atoms with van der Waals surface area (Å²) in [5.74, 6) is 0.440. The molecule has 0 heterocycles. The van der Waals surface area contributed by atoms with Crippen molar-refractivity contribution in [2.75, 3.05) is 20.3 Å². The van der Waals surface area contributed by atoms with E-state index in [-0.39, 0.29) is 10.9 Å². The Morgan fingerprint density at radius 2 is 2.00 bits per heavy atom. The number of nitriles is 1. The van der Waals surface area contributed by atoms with Crippen LogP contribution in [0.15, 0.2) is 29.2 Å². The summed E-state index contributed by atoms with van der Waals surface area (Å²) in [5, 5.41) is 8.80. The van der Waals surface area contributed by atoms with Crippen LogP contribution in [0.3, 0.4) is 0 Å². The first kappa shape index (κ1) is 16.0. The van der Waals surface area contributed by atoms with E-state index in [1.807, 2.05) is 13.0 Å². The normalized spacial score (nSPS) is 16.7. The number of sulfonamides is 1. The molecule has 0 bridgehead atoms. The zero-order valence-electron chi connectivity index (χ0n) is 12.3. The average molecular weight is 308 g/mol. The second-order valence-corrected chi connectivity index (χ2v) is 7.21. The van der Waals surface area contributed by atoms with Gasteiger partial charge in [0.05, 0.1) is 23.1 Å². The molecule has 114 valence electrons. The van der Waals surface area contributed by atoms with Crippen molar-refractivity contribution in [1.82, 2.24) is 4.31 Å². The van der Waals surface area contributed by atoms with Gasteiger partial charge < -0.3 is 4.74 Å². The molecule has 1 saturated carbocycles. The van der Waals surface area contributed by atoms with Crippen LogP contribution in [-0.4, -0.2) is 39.0 Å². The van der Waals surface area contributed by atoms with Crippen LogP contribution in [0.1, 0.15) is 25.3 Å². The molecule has 0 N–H and O–H groups in total. The number of nitrogens with zero attached hydrogens (tertiary/aromatic N) is 2. The Bertz CT molecular complexity index is 615. The summed E-state index contributed by atoms with van der Waals surface area (Å²) in [5.41, 5.74) is 0.452. The highest BCUT2D eigenvalue weighted by Crippen LogP contribution is 2.37. The average Bonchev–Trinajstić information content (AvgIpc) is 3.32. The van der Waals surface area contributed by atoms with Gasteiger partial charge in [-0.2, -0.15) is 9.57 Å². The minimum Gasteiger partial charge on any atom is -0.383 e. The van der Waals surface area contributed by atoms with Crippen LogP contribution in [0.4, 0.5) is 0 Å². The smallest absolute Gasteiger partial charge is 0.243 e. The summed E-state index contributed by atoms with van der Waals surface area (Å²) < 4.78 is 32.2. The molecule has 0 saturated heterocycles. The van der Waals surface area contributed by atoms with E-state index >= 15 is 0 Å². The molecule has 6 heteroatoms. The quantitative estimate of drug-likeness (QED) is 0.772. The first-order valence-electron chi connectivity index (χ1n) is 7.01.